The van der Waals surface area contributed by atoms with Crippen molar-refractivity contribution in [3.63, 3.8) is 0 Å². The fraction of sp³-hybridized carbons (Fsp3) is 0.500. The van der Waals surface area contributed by atoms with E-state index in [9.17, 15) is 0 Å². The Morgan fingerprint density at radius 1 is 1.44 bits per heavy atom. The van der Waals surface area contributed by atoms with Crippen molar-refractivity contribution in [2.75, 3.05) is 45.7 Å². The van der Waals surface area contributed by atoms with Crippen molar-refractivity contribution in [2.24, 2.45) is 5.73 Å². The molecule has 0 fully saturated rings. The highest BCUT2D eigenvalue weighted by molar-refractivity contribution is 7.80. The van der Waals surface area contributed by atoms with Crippen LogP contribution in [0.15, 0.2) is 18.3 Å². The van der Waals surface area contributed by atoms with E-state index in [0.717, 1.165) is 31.1 Å². The van der Waals surface area contributed by atoms with Crippen LogP contribution in [-0.2, 0) is 4.74 Å². The summed E-state index contributed by atoms with van der Waals surface area (Å²) in [6.45, 7) is 3.06. The van der Waals surface area contributed by atoms with E-state index in [4.69, 9.17) is 22.7 Å². The van der Waals surface area contributed by atoms with Crippen LogP contribution in [0.4, 0.5) is 5.82 Å². The highest BCUT2D eigenvalue weighted by atomic mass is 32.1. The van der Waals surface area contributed by atoms with Gasteiger partial charge < -0.3 is 20.7 Å². The summed E-state index contributed by atoms with van der Waals surface area (Å²) >= 11 is 4.85. The lowest BCUT2D eigenvalue weighted by Gasteiger charge is -2.10. The molecule has 0 bridgehead atoms. The molecule has 1 rings (SSSR count). The first-order chi connectivity index (χ1) is 8.59. The molecule has 0 unspecified atom stereocenters. The molecule has 0 aliphatic carbocycles. The summed E-state index contributed by atoms with van der Waals surface area (Å²) in [6, 6.07) is 3.71. The SMILES string of the molecule is CN(C)CCOCCNc1ccc(C(N)=S)cn1. The van der Waals surface area contributed by atoms with E-state index in [0.29, 0.717) is 11.6 Å². The Morgan fingerprint density at radius 3 is 2.78 bits per heavy atom. The molecule has 0 atom stereocenters. The van der Waals surface area contributed by atoms with Crippen molar-refractivity contribution in [3.05, 3.63) is 23.9 Å². The van der Waals surface area contributed by atoms with Gasteiger partial charge in [0.05, 0.1) is 13.2 Å². The molecule has 0 aromatic carbocycles. The quantitative estimate of drug-likeness (QED) is 0.535. The lowest BCUT2D eigenvalue weighted by Crippen LogP contribution is -2.20. The number of nitrogens with zero attached hydrogens (tertiary/aromatic N) is 2. The van der Waals surface area contributed by atoms with Crippen molar-refractivity contribution in [2.45, 2.75) is 0 Å². The number of likely N-dealkylation sites (N-methyl/N-ethyl adjacent to an activating group) is 1. The Hall–Kier alpha value is -1.24. The third kappa shape index (κ3) is 5.90. The molecule has 1 aromatic rings. The predicted molar refractivity (Wildman–Crippen MR) is 78.0 cm³/mol. The van der Waals surface area contributed by atoms with E-state index >= 15 is 0 Å². The Balaban J connectivity index is 2.17. The zero-order chi connectivity index (χ0) is 13.4. The highest BCUT2D eigenvalue weighted by Gasteiger charge is 1.97. The van der Waals surface area contributed by atoms with Crippen molar-refractivity contribution >= 4 is 23.0 Å². The number of aromatic nitrogens is 1. The molecule has 0 aliphatic heterocycles. The van der Waals surface area contributed by atoms with Crippen LogP contribution in [-0.4, -0.2) is 55.3 Å². The minimum Gasteiger partial charge on any atom is -0.389 e. The molecule has 100 valence electrons. The van der Waals surface area contributed by atoms with E-state index in [1.807, 2.05) is 26.2 Å². The molecule has 0 amide bonds. The largest absolute Gasteiger partial charge is 0.389 e. The fourth-order valence-electron chi connectivity index (χ4n) is 1.24. The molecule has 0 radical (unpaired) electrons. The maximum absolute atomic E-state index is 5.49. The van der Waals surface area contributed by atoms with E-state index in [1.54, 1.807) is 6.20 Å². The van der Waals surface area contributed by atoms with Crippen LogP contribution in [0.1, 0.15) is 5.56 Å². The number of hydrogen-bond acceptors (Lipinski definition) is 5. The molecule has 1 heterocycles. The zero-order valence-corrected chi connectivity index (χ0v) is 11.7. The predicted octanol–water partition coefficient (Wildman–Crippen LogP) is 0.706. The molecule has 5 nitrogen and oxygen atoms in total. The van der Waals surface area contributed by atoms with Gasteiger partial charge in [-0.25, -0.2) is 4.98 Å². The summed E-state index contributed by atoms with van der Waals surface area (Å²) in [4.78, 5) is 6.65. The number of hydrogen-bond donors (Lipinski definition) is 2. The van der Waals surface area contributed by atoms with Crippen molar-refractivity contribution in [1.82, 2.24) is 9.88 Å². The molecule has 0 saturated heterocycles. The monoisotopic (exact) mass is 268 g/mol. The lowest BCUT2D eigenvalue weighted by atomic mass is 10.3. The van der Waals surface area contributed by atoms with Gasteiger partial charge >= 0.3 is 0 Å². The maximum Gasteiger partial charge on any atom is 0.125 e. The number of nitrogens with one attached hydrogen (secondary N) is 1. The summed E-state index contributed by atoms with van der Waals surface area (Å²) in [5.74, 6) is 0.797. The third-order valence-corrected chi connectivity index (χ3v) is 2.52. The van der Waals surface area contributed by atoms with Gasteiger partial charge in [0.1, 0.15) is 10.8 Å². The van der Waals surface area contributed by atoms with Gasteiger partial charge in [-0.15, -0.1) is 0 Å². The molecular weight excluding hydrogens is 248 g/mol. The van der Waals surface area contributed by atoms with Gasteiger partial charge in [-0.1, -0.05) is 12.2 Å². The second kappa shape index (κ2) is 7.97. The summed E-state index contributed by atoms with van der Waals surface area (Å²) in [6.07, 6.45) is 1.66. The molecule has 1 aromatic heterocycles. The van der Waals surface area contributed by atoms with Gasteiger partial charge in [-0.2, -0.15) is 0 Å². The average Bonchev–Trinajstić information content (AvgIpc) is 2.34. The zero-order valence-electron chi connectivity index (χ0n) is 10.8. The first-order valence-corrected chi connectivity index (χ1v) is 6.22. The average molecular weight is 268 g/mol. The van der Waals surface area contributed by atoms with Gasteiger partial charge in [-0.3, -0.25) is 0 Å². The fourth-order valence-corrected chi connectivity index (χ4v) is 1.37. The first-order valence-electron chi connectivity index (χ1n) is 5.82. The Labute approximate surface area is 113 Å². The number of nitrogens with two attached hydrogens (primary N) is 1. The van der Waals surface area contributed by atoms with Gasteiger partial charge in [0, 0.05) is 24.8 Å². The molecule has 0 aliphatic rings. The van der Waals surface area contributed by atoms with Crippen LogP contribution < -0.4 is 11.1 Å². The third-order valence-electron chi connectivity index (χ3n) is 2.28. The van der Waals surface area contributed by atoms with E-state index in [1.165, 1.54) is 0 Å². The Morgan fingerprint density at radius 2 is 2.22 bits per heavy atom. The molecule has 3 N–H and O–H groups in total. The molecule has 6 heteroatoms. The van der Waals surface area contributed by atoms with Crippen molar-refractivity contribution in [3.8, 4) is 0 Å². The minimum atomic E-state index is 0.362. The van der Waals surface area contributed by atoms with Crippen molar-refractivity contribution in [1.29, 1.82) is 0 Å². The van der Waals surface area contributed by atoms with E-state index in [-0.39, 0.29) is 0 Å². The summed E-state index contributed by atoms with van der Waals surface area (Å²) < 4.78 is 5.46. The smallest absolute Gasteiger partial charge is 0.125 e. The second-order valence-electron chi connectivity index (χ2n) is 4.14. The van der Waals surface area contributed by atoms with Crippen LogP contribution in [0.3, 0.4) is 0 Å². The van der Waals surface area contributed by atoms with E-state index < -0.39 is 0 Å². The lowest BCUT2D eigenvalue weighted by molar-refractivity contribution is 0.126. The number of rotatable bonds is 8. The van der Waals surface area contributed by atoms with Crippen molar-refractivity contribution < 1.29 is 4.74 Å². The molecule has 0 saturated carbocycles. The summed E-state index contributed by atoms with van der Waals surface area (Å²) in [5.41, 5.74) is 6.27. The standard InChI is InChI=1S/C12H20N4OS/c1-16(2)6-8-17-7-5-14-11-4-3-10(9-15-11)12(13)18/h3-4,9H,5-8H2,1-2H3,(H2,13,18)(H,14,15). The van der Waals surface area contributed by atoms with Crippen LogP contribution in [0.5, 0.6) is 0 Å². The maximum atomic E-state index is 5.49. The van der Waals surface area contributed by atoms with Gasteiger partial charge in [0.15, 0.2) is 0 Å². The summed E-state index contributed by atoms with van der Waals surface area (Å²) in [7, 11) is 4.05. The Bertz CT molecular complexity index is 367. The Kier molecular flexibility index (Phi) is 6.56. The first kappa shape index (κ1) is 14.8. The van der Waals surface area contributed by atoms with Crippen LogP contribution in [0, 0.1) is 0 Å². The minimum absolute atomic E-state index is 0.362. The van der Waals surface area contributed by atoms with E-state index in [2.05, 4.69) is 15.2 Å². The molecular formula is C12H20N4OS. The number of pyridine rings is 1. The number of ether oxygens (including phenoxy) is 1. The number of thiocarbonyl (C=S) groups is 1. The van der Waals surface area contributed by atoms with Gasteiger partial charge in [0.25, 0.3) is 0 Å². The van der Waals surface area contributed by atoms with Crippen LogP contribution >= 0.6 is 12.2 Å². The van der Waals surface area contributed by atoms with Crippen LogP contribution in [0.2, 0.25) is 0 Å². The summed E-state index contributed by atoms with van der Waals surface area (Å²) in [5, 5.41) is 3.17. The molecule has 0 spiro atoms. The second-order valence-corrected chi connectivity index (χ2v) is 4.58. The van der Waals surface area contributed by atoms with Crippen LogP contribution in [0.25, 0.3) is 0 Å². The molecule has 18 heavy (non-hydrogen) atoms. The van der Waals surface area contributed by atoms with Gasteiger partial charge in [-0.05, 0) is 26.2 Å². The normalized spacial score (nSPS) is 10.6. The topological polar surface area (TPSA) is 63.4 Å². The highest BCUT2D eigenvalue weighted by Crippen LogP contribution is 2.04. The number of anilines is 1. The van der Waals surface area contributed by atoms with Gasteiger partial charge in [0.2, 0.25) is 0 Å².